The van der Waals surface area contributed by atoms with Crippen molar-refractivity contribution >= 4 is 35.1 Å². The summed E-state index contributed by atoms with van der Waals surface area (Å²) in [5.74, 6) is -0.662. The molecule has 0 radical (unpaired) electrons. The molecule has 2 aromatic carbocycles. The number of imide groups is 1. The van der Waals surface area contributed by atoms with Crippen LogP contribution < -0.4 is 15.4 Å². The third kappa shape index (κ3) is 5.03. The van der Waals surface area contributed by atoms with Crippen molar-refractivity contribution in [3.8, 4) is 5.75 Å². The molecule has 0 saturated carbocycles. The summed E-state index contributed by atoms with van der Waals surface area (Å²) in [5.41, 5.74) is 1.13. The lowest BCUT2D eigenvalue weighted by atomic mass is 10.1. The molecule has 2 aromatic rings. The predicted octanol–water partition coefficient (Wildman–Crippen LogP) is 3.33. The molecule has 0 bridgehead atoms. The molecule has 0 aromatic heterocycles. The van der Waals surface area contributed by atoms with Crippen molar-refractivity contribution in [2.75, 3.05) is 12.4 Å². The molecule has 1 heterocycles. The second-order valence-electron chi connectivity index (χ2n) is 6.49. The number of hydrogen-bond acceptors (Lipinski definition) is 4. The lowest BCUT2D eigenvalue weighted by Crippen LogP contribution is -2.31. The standard InChI is InChI=1S/C20H19ClFN3O4/c1-29-14-5-2-12(3-6-14)11-25-19(27)17(24-20(25)28)8-9-18(26)23-13-4-7-16(22)15(21)10-13/h2-7,10,17H,8-9,11H2,1H3,(H,23,26)(H,24,28). The summed E-state index contributed by atoms with van der Waals surface area (Å²) in [6, 6.07) is 9.60. The van der Waals surface area contributed by atoms with E-state index in [2.05, 4.69) is 10.6 Å². The van der Waals surface area contributed by atoms with Crippen molar-refractivity contribution in [3.05, 3.63) is 58.9 Å². The van der Waals surface area contributed by atoms with Crippen LogP contribution >= 0.6 is 11.6 Å². The second kappa shape index (κ2) is 8.91. The van der Waals surface area contributed by atoms with E-state index in [0.717, 1.165) is 16.5 Å². The molecule has 0 spiro atoms. The van der Waals surface area contributed by atoms with Crippen LogP contribution in [0.3, 0.4) is 0 Å². The smallest absolute Gasteiger partial charge is 0.325 e. The number of methoxy groups -OCH3 is 1. The SMILES string of the molecule is COc1ccc(CN2C(=O)NC(CCC(=O)Nc3ccc(F)c(Cl)c3)C2=O)cc1. The number of nitrogens with one attached hydrogen (secondary N) is 2. The Kier molecular flexibility index (Phi) is 6.33. The zero-order valence-electron chi connectivity index (χ0n) is 15.6. The van der Waals surface area contributed by atoms with Gasteiger partial charge < -0.3 is 15.4 Å². The molecule has 1 unspecified atom stereocenters. The van der Waals surface area contributed by atoms with Crippen LogP contribution in [0.4, 0.5) is 14.9 Å². The Morgan fingerprint density at radius 1 is 1.24 bits per heavy atom. The van der Waals surface area contributed by atoms with Crippen LogP contribution in [-0.4, -0.2) is 35.9 Å². The van der Waals surface area contributed by atoms with Gasteiger partial charge in [0.15, 0.2) is 0 Å². The lowest BCUT2D eigenvalue weighted by Gasteiger charge is -2.13. The number of urea groups is 1. The van der Waals surface area contributed by atoms with E-state index in [1.807, 2.05) is 0 Å². The van der Waals surface area contributed by atoms with Crippen molar-refractivity contribution in [1.29, 1.82) is 0 Å². The number of anilines is 1. The minimum absolute atomic E-state index is 0.00204. The number of rotatable bonds is 7. The first-order chi connectivity index (χ1) is 13.9. The van der Waals surface area contributed by atoms with Gasteiger partial charge in [-0.25, -0.2) is 9.18 Å². The molecule has 1 saturated heterocycles. The van der Waals surface area contributed by atoms with Gasteiger partial charge in [-0.15, -0.1) is 0 Å². The van der Waals surface area contributed by atoms with Crippen LogP contribution in [0.2, 0.25) is 5.02 Å². The molecule has 3 rings (SSSR count). The number of amides is 4. The third-order valence-corrected chi connectivity index (χ3v) is 4.76. The van der Waals surface area contributed by atoms with E-state index in [-0.39, 0.29) is 36.2 Å². The number of halogens is 2. The third-order valence-electron chi connectivity index (χ3n) is 4.47. The fourth-order valence-electron chi connectivity index (χ4n) is 2.91. The molecule has 1 fully saturated rings. The van der Waals surface area contributed by atoms with E-state index >= 15 is 0 Å². The van der Waals surface area contributed by atoms with Gasteiger partial charge in [0.25, 0.3) is 5.91 Å². The van der Waals surface area contributed by atoms with Crippen molar-refractivity contribution in [2.45, 2.75) is 25.4 Å². The highest BCUT2D eigenvalue weighted by molar-refractivity contribution is 6.31. The lowest BCUT2D eigenvalue weighted by molar-refractivity contribution is -0.128. The van der Waals surface area contributed by atoms with Crippen molar-refractivity contribution in [2.24, 2.45) is 0 Å². The van der Waals surface area contributed by atoms with Gasteiger partial charge in [0.1, 0.15) is 17.6 Å². The van der Waals surface area contributed by atoms with Crippen molar-refractivity contribution in [3.63, 3.8) is 0 Å². The first-order valence-corrected chi connectivity index (χ1v) is 9.25. The number of hydrogen-bond donors (Lipinski definition) is 2. The summed E-state index contributed by atoms with van der Waals surface area (Å²) in [6.45, 7) is 0.130. The van der Waals surface area contributed by atoms with Gasteiger partial charge in [0, 0.05) is 12.1 Å². The fraction of sp³-hybridized carbons (Fsp3) is 0.250. The molecule has 1 aliphatic rings. The minimum atomic E-state index is -0.775. The average molecular weight is 420 g/mol. The van der Waals surface area contributed by atoms with Crippen LogP contribution in [0, 0.1) is 5.82 Å². The molecular weight excluding hydrogens is 401 g/mol. The van der Waals surface area contributed by atoms with E-state index in [1.165, 1.54) is 12.1 Å². The monoisotopic (exact) mass is 419 g/mol. The molecule has 9 heteroatoms. The molecule has 0 aliphatic carbocycles. The maximum atomic E-state index is 13.2. The Labute approximate surface area is 171 Å². The Balaban J connectivity index is 1.53. The Bertz CT molecular complexity index is 936. The maximum Gasteiger partial charge on any atom is 0.325 e. The average Bonchev–Trinajstić information content (AvgIpc) is 2.97. The highest BCUT2D eigenvalue weighted by Gasteiger charge is 2.37. The van der Waals surface area contributed by atoms with Crippen LogP contribution in [0.1, 0.15) is 18.4 Å². The van der Waals surface area contributed by atoms with Crippen LogP contribution in [0.25, 0.3) is 0 Å². The van der Waals surface area contributed by atoms with E-state index in [1.54, 1.807) is 31.4 Å². The van der Waals surface area contributed by atoms with Crippen LogP contribution in [0.15, 0.2) is 42.5 Å². The molecule has 4 amide bonds. The van der Waals surface area contributed by atoms with Gasteiger partial charge in [-0.3, -0.25) is 14.5 Å². The maximum absolute atomic E-state index is 13.2. The molecule has 1 atom stereocenters. The molecule has 152 valence electrons. The summed E-state index contributed by atoms with van der Waals surface area (Å²) in [6.07, 6.45) is 0.145. The van der Waals surface area contributed by atoms with E-state index < -0.39 is 17.9 Å². The van der Waals surface area contributed by atoms with Gasteiger partial charge in [-0.1, -0.05) is 23.7 Å². The van der Waals surface area contributed by atoms with Crippen molar-refractivity contribution in [1.82, 2.24) is 10.2 Å². The summed E-state index contributed by atoms with van der Waals surface area (Å²) < 4.78 is 18.3. The number of benzene rings is 2. The molecule has 2 N–H and O–H groups in total. The zero-order valence-corrected chi connectivity index (χ0v) is 16.3. The van der Waals surface area contributed by atoms with Gasteiger partial charge in [0.05, 0.1) is 18.7 Å². The summed E-state index contributed by atoms with van der Waals surface area (Å²) >= 11 is 5.68. The van der Waals surface area contributed by atoms with Gasteiger partial charge in [-0.2, -0.15) is 0 Å². The molecule has 7 nitrogen and oxygen atoms in total. The molecule has 1 aliphatic heterocycles. The number of ether oxygens (including phenoxy) is 1. The number of nitrogens with zero attached hydrogens (tertiary/aromatic N) is 1. The summed E-state index contributed by atoms with van der Waals surface area (Å²) in [7, 11) is 1.55. The second-order valence-corrected chi connectivity index (χ2v) is 6.90. The van der Waals surface area contributed by atoms with Crippen LogP contribution in [-0.2, 0) is 16.1 Å². The highest BCUT2D eigenvalue weighted by Crippen LogP contribution is 2.20. The van der Waals surface area contributed by atoms with Gasteiger partial charge in [0.2, 0.25) is 5.91 Å². The predicted molar refractivity (Wildman–Crippen MR) is 105 cm³/mol. The first kappa shape index (κ1) is 20.6. The number of carbonyl (C=O) groups is 3. The normalized spacial score (nSPS) is 16.0. The molecular formula is C20H19ClFN3O4. The Morgan fingerprint density at radius 3 is 2.62 bits per heavy atom. The quantitative estimate of drug-likeness (QED) is 0.674. The Hall–Kier alpha value is -3.13. The van der Waals surface area contributed by atoms with E-state index in [0.29, 0.717) is 11.4 Å². The van der Waals surface area contributed by atoms with Crippen LogP contribution in [0.5, 0.6) is 5.75 Å². The Morgan fingerprint density at radius 2 is 1.97 bits per heavy atom. The largest absolute Gasteiger partial charge is 0.497 e. The highest BCUT2D eigenvalue weighted by atomic mass is 35.5. The first-order valence-electron chi connectivity index (χ1n) is 8.87. The topological polar surface area (TPSA) is 87.7 Å². The zero-order chi connectivity index (χ0) is 21.0. The fourth-order valence-corrected chi connectivity index (χ4v) is 3.09. The summed E-state index contributed by atoms with van der Waals surface area (Å²) in [4.78, 5) is 37.9. The number of carbonyl (C=O) groups excluding carboxylic acids is 3. The molecule has 29 heavy (non-hydrogen) atoms. The van der Waals surface area contributed by atoms with E-state index in [9.17, 15) is 18.8 Å². The summed E-state index contributed by atoms with van der Waals surface area (Å²) in [5, 5.41) is 5.08. The van der Waals surface area contributed by atoms with Gasteiger partial charge in [-0.05, 0) is 42.3 Å². The van der Waals surface area contributed by atoms with Crippen molar-refractivity contribution < 1.29 is 23.5 Å². The van der Waals surface area contributed by atoms with Gasteiger partial charge >= 0.3 is 6.03 Å². The minimum Gasteiger partial charge on any atom is -0.497 e. The van der Waals surface area contributed by atoms with E-state index in [4.69, 9.17) is 16.3 Å².